The fourth-order valence-corrected chi connectivity index (χ4v) is 2.04. The zero-order chi connectivity index (χ0) is 15.7. The second-order valence-electron chi connectivity index (χ2n) is 4.70. The number of nitrogens with one attached hydrogen (secondary N) is 1. The van der Waals surface area contributed by atoms with E-state index in [0.717, 1.165) is 5.56 Å². The van der Waals surface area contributed by atoms with Gasteiger partial charge >= 0.3 is 5.97 Å². The van der Waals surface area contributed by atoms with E-state index in [2.05, 4.69) is 5.32 Å². The first-order valence-electron chi connectivity index (χ1n) is 6.90. The third-order valence-corrected chi connectivity index (χ3v) is 3.12. The van der Waals surface area contributed by atoms with Crippen molar-refractivity contribution in [1.29, 1.82) is 0 Å². The number of nitrogens with two attached hydrogens (primary N) is 1. The minimum absolute atomic E-state index is 0.327. The number of carbonyl (C=O) groups excluding carboxylic acids is 1. The molecule has 116 valence electrons. The van der Waals surface area contributed by atoms with Crippen molar-refractivity contribution in [2.75, 3.05) is 20.3 Å². The molecule has 1 aromatic rings. The molecule has 0 aromatic heterocycles. The lowest BCUT2D eigenvalue weighted by Crippen LogP contribution is -2.41. The van der Waals surface area contributed by atoms with Crippen LogP contribution in [-0.2, 0) is 16.0 Å². The van der Waals surface area contributed by atoms with E-state index in [0.29, 0.717) is 38.0 Å². The summed E-state index contributed by atoms with van der Waals surface area (Å²) in [5.74, 6) is -1.43. The molecule has 0 bridgehead atoms. The zero-order valence-corrected chi connectivity index (χ0v) is 12.2. The number of amides is 1. The van der Waals surface area contributed by atoms with Crippen molar-refractivity contribution in [3.05, 3.63) is 35.4 Å². The number of rotatable bonds is 9. The summed E-state index contributed by atoms with van der Waals surface area (Å²) in [5, 5.41) is 11.7. The van der Waals surface area contributed by atoms with E-state index < -0.39 is 12.0 Å². The van der Waals surface area contributed by atoms with Gasteiger partial charge in [-0.25, -0.2) is 4.79 Å². The molecular formula is C15H22N2O4. The minimum atomic E-state index is -1.05. The molecule has 0 aliphatic heterocycles. The van der Waals surface area contributed by atoms with Crippen LogP contribution in [0.5, 0.6) is 0 Å². The molecule has 1 unspecified atom stereocenters. The first-order valence-corrected chi connectivity index (χ1v) is 6.90. The lowest BCUT2D eigenvalue weighted by Gasteiger charge is -2.16. The van der Waals surface area contributed by atoms with Crippen LogP contribution in [0.3, 0.4) is 0 Å². The summed E-state index contributed by atoms with van der Waals surface area (Å²) in [6, 6.07) is 6.15. The summed E-state index contributed by atoms with van der Waals surface area (Å²) < 4.78 is 4.89. The van der Waals surface area contributed by atoms with Gasteiger partial charge in [0, 0.05) is 19.3 Å². The largest absolute Gasteiger partial charge is 0.480 e. The van der Waals surface area contributed by atoms with Crippen LogP contribution in [0.15, 0.2) is 24.3 Å². The summed E-state index contributed by atoms with van der Waals surface area (Å²) in [7, 11) is 1.55. The Hall–Kier alpha value is -1.92. The van der Waals surface area contributed by atoms with E-state index in [-0.39, 0.29) is 5.91 Å². The Morgan fingerprint density at radius 3 is 2.71 bits per heavy atom. The van der Waals surface area contributed by atoms with E-state index in [1.807, 2.05) is 12.1 Å². The second-order valence-corrected chi connectivity index (χ2v) is 4.70. The van der Waals surface area contributed by atoms with E-state index in [4.69, 9.17) is 15.6 Å². The smallest absolute Gasteiger partial charge is 0.326 e. The maximum atomic E-state index is 12.2. The highest BCUT2D eigenvalue weighted by Crippen LogP contribution is 2.10. The second kappa shape index (κ2) is 9.10. The Labute approximate surface area is 124 Å². The summed E-state index contributed by atoms with van der Waals surface area (Å²) in [4.78, 5) is 23.4. The van der Waals surface area contributed by atoms with Crippen molar-refractivity contribution in [1.82, 2.24) is 5.32 Å². The van der Waals surface area contributed by atoms with Crippen molar-refractivity contribution >= 4 is 11.9 Å². The quantitative estimate of drug-likeness (QED) is 0.585. The molecule has 4 N–H and O–H groups in total. The Morgan fingerprint density at radius 2 is 2.10 bits per heavy atom. The van der Waals surface area contributed by atoms with Crippen LogP contribution in [0.4, 0.5) is 0 Å². The monoisotopic (exact) mass is 294 g/mol. The number of carboxylic acids is 1. The Kier molecular flexibility index (Phi) is 7.42. The van der Waals surface area contributed by atoms with Gasteiger partial charge in [-0.2, -0.15) is 0 Å². The summed E-state index contributed by atoms with van der Waals surface area (Å²) >= 11 is 0. The highest BCUT2D eigenvalue weighted by Gasteiger charge is 2.21. The van der Waals surface area contributed by atoms with Gasteiger partial charge in [-0.1, -0.05) is 18.2 Å². The van der Waals surface area contributed by atoms with Crippen LogP contribution in [0.2, 0.25) is 0 Å². The average Bonchev–Trinajstić information content (AvgIpc) is 2.47. The molecule has 1 aromatic carbocycles. The average molecular weight is 294 g/mol. The van der Waals surface area contributed by atoms with E-state index in [1.54, 1.807) is 19.2 Å². The number of aliphatic carboxylic acids is 1. The van der Waals surface area contributed by atoms with Crippen molar-refractivity contribution in [3.63, 3.8) is 0 Å². The molecule has 6 nitrogen and oxygen atoms in total. The standard InChI is InChI=1S/C15H22N2O4/c1-21-10-4-7-13(15(19)20)17-14(18)12-6-3-2-5-11(12)8-9-16/h2-3,5-6,13H,4,7-10,16H2,1H3,(H,17,18)(H,19,20). The number of benzene rings is 1. The first kappa shape index (κ1) is 17.1. The Balaban J connectivity index is 2.75. The lowest BCUT2D eigenvalue weighted by atomic mass is 10.0. The van der Waals surface area contributed by atoms with E-state index >= 15 is 0 Å². The molecule has 1 atom stereocenters. The van der Waals surface area contributed by atoms with Gasteiger partial charge in [-0.3, -0.25) is 4.79 Å². The van der Waals surface area contributed by atoms with Crippen molar-refractivity contribution in [3.8, 4) is 0 Å². The van der Waals surface area contributed by atoms with Crippen LogP contribution in [0.1, 0.15) is 28.8 Å². The maximum Gasteiger partial charge on any atom is 0.326 e. The number of ether oxygens (including phenoxy) is 1. The van der Waals surface area contributed by atoms with Crippen LogP contribution in [0.25, 0.3) is 0 Å². The SMILES string of the molecule is COCCCC(NC(=O)c1ccccc1CCN)C(=O)O. The Morgan fingerprint density at radius 1 is 1.38 bits per heavy atom. The van der Waals surface area contributed by atoms with Gasteiger partial charge in [0.1, 0.15) is 6.04 Å². The van der Waals surface area contributed by atoms with Crippen LogP contribution in [0, 0.1) is 0 Å². The molecule has 1 amide bonds. The van der Waals surface area contributed by atoms with Crippen molar-refractivity contribution in [2.45, 2.75) is 25.3 Å². The summed E-state index contributed by atoms with van der Waals surface area (Å²) in [6.45, 7) is 0.893. The molecule has 0 aliphatic rings. The molecule has 1 rings (SSSR count). The zero-order valence-electron chi connectivity index (χ0n) is 12.2. The third-order valence-electron chi connectivity index (χ3n) is 3.12. The molecule has 0 saturated carbocycles. The molecule has 21 heavy (non-hydrogen) atoms. The van der Waals surface area contributed by atoms with Gasteiger partial charge in [0.15, 0.2) is 0 Å². The number of carboxylic acid groups (broad SMARTS) is 1. The summed E-state index contributed by atoms with van der Waals surface area (Å²) in [6.07, 6.45) is 1.47. The number of carbonyl (C=O) groups is 2. The Bertz CT molecular complexity index is 476. The van der Waals surface area contributed by atoms with Crippen LogP contribution in [-0.4, -0.2) is 43.3 Å². The lowest BCUT2D eigenvalue weighted by molar-refractivity contribution is -0.139. The van der Waals surface area contributed by atoms with E-state index in [9.17, 15) is 9.59 Å². The summed E-state index contributed by atoms with van der Waals surface area (Å²) in [5.41, 5.74) is 6.81. The third kappa shape index (κ3) is 5.53. The molecule has 0 heterocycles. The fraction of sp³-hybridized carbons (Fsp3) is 0.467. The van der Waals surface area contributed by atoms with Gasteiger partial charge in [-0.05, 0) is 37.4 Å². The highest BCUT2D eigenvalue weighted by molar-refractivity contribution is 5.97. The molecule has 0 saturated heterocycles. The molecule has 0 aliphatic carbocycles. The molecule has 6 heteroatoms. The van der Waals surface area contributed by atoms with Crippen molar-refractivity contribution in [2.24, 2.45) is 5.73 Å². The number of hydrogen-bond acceptors (Lipinski definition) is 4. The predicted octanol–water partition coefficient (Wildman–Crippen LogP) is 0.797. The molecule has 0 radical (unpaired) electrons. The van der Waals surface area contributed by atoms with Gasteiger partial charge in [0.25, 0.3) is 5.91 Å². The topological polar surface area (TPSA) is 102 Å². The molecule has 0 spiro atoms. The van der Waals surface area contributed by atoms with Crippen molar-refractivity contribution < 1.29 is 19.4 Å². The minimum Gasteiger partial charge on any atom is -0.480 e. The maximum absolute atomic E-state index is 12.2. The number of hydrogen-bond donors (Lipinski definition) is 3. The molecule has 0 fully saturated rings. The fourth-order valence-electron chi connectivity index (χ4n) is 2.04. The van der Waals surface area contributed by atoms with E-state index in [1.165, 1.54) is 0 Å². The predicted molar refractivity (Wildman–Crippen MR) is 79.2 cm³/mol. The highest BCUT2D eigenvalue weighted by atomic mass is 16.5. The van der Waals surface area contributed by atoms with Crippen LogP contribution < -0.4 is 11.1 Å². The van der Waals surface area contributed by atoms with Gasteiger partial charge in [0.05, 0.1) is 0 Å². The molecular weight excluding hydrogens is 272 g/mol. The normalized spacial score (nSPS) is 11.9. The first-order chi connectivity index (χ1) is 10.1. The number of methoxy groups -OCH3 is 1. The van der Waals surface area contributed by atoms with Crippen LogP contribution >= 0.6 is 0 Å². The van der Waals surface area contributed by atoms with Gasteiger partial charge < -0.3 is 20.9 Å². The van der Waals surface area contributed by atoms with Gasteiger partial charge in [0.2, 0.25) is 0 Å². The van der Waals surface area contributed by atoms with Gasteiger partial charge in [-0.15, -0.1) is 0 Å².